The number of benzene rings is 3. The van der Waals surface area contributed by atoms with Gasteiger partial charge in [0, 0.05) is 19.2 Å². The van der Waals surface area contributed by atoms with E-state index in [0.29, 0.717) is 56.7 Å². The number of fused-ring (bicyclic) bond motifs is 1. The van der Waals surface area contributed by atoms with Crippen LogP contribution in [0.4, 0.5) is 17.1 Å². The van der Waals surface area contributed by atoms with Gasteiger partial charge in [-0.1, -0.05) is 23.7 Å². The Bertz CT molecular complexity index is 1530. The molecule has 3 aromatic rings. The molecule has 196 valence electrons. The van der Waals surface area contributed by atoms with Gasteiger partial charge in [-0.25, -0.2) is 16.8 Å². The van der Waals surface area contributed by atoms with Gasteiger partial charge in [-0.15, -0.1) is 0 Å². The summed E-state index contributed by atoms with van der Waals surface area (Å²) in [6.07, 6.45) is 0. The molecule has 0 atom stereocenters. The molecule has 37 heavy (non-hydrogen) atoms. The van der Waals surface area contributed by atoms with E-state index in [4.69, 9.17) is 25.8 Å². The molecule has 2 heterocycles. The molecule has 1 fully saturated rings. The highest BCUT2D eigenvalue weighted by molar-refractivity contribution is 7.93. The van der Waals surface area contributed by atoms with Crippen LogP contribution < -0.4 is 23.8 Å². The first-order valence-electron chi connectivity index (χ1n) is 11.4. The first-order valence-corrected chi connectivity index (χ1v) is 14.7. The Morgan fingerprint density at radius 1 is 0.703 bits per heavy atom. The van der Waals surface area contributed by atoms with Crippen molar-refractivity contribution in [2.75, 3.05) is 53.9 Å². The summed E-state index contributed by atoms with van der Waals surface area (Å²) in [6, 6.07) is 15.0. The molecule has 0 unspecified atom stereocenters. The van der Waals surface area contributed by atoms with Crippen LogP contribution in [-0.2, 0) is 24.8 Å². The average Bonchev–Trinajstić information content (AvgIpc) is 2.90. The lowest BCUT2D eigenvalue weighted by Crippen LogP contribution is -2.36. The van der Waals surface area contributed by atoms with Crippen molar-refractivity contribution in [1.29, 1.82) is 0 Å². The van der Waals surface area contributed by atoms with Gasteiger partial charge in [0.1, 0.15) is 13.2 Å². The van der Waals surface area contributed by atoms with Crippen LogP contribution in [0.15, 0.2) is 70.5 Å². The molecular weight excluding hydrogens is 542 g/mol. The lowest BCUT2D eigenvalue weighted by Gasteiger charge is -2.31. The van der Waals surface area contributed by atoms with Gasteiger partial charge in [0.15, 0.2) is 11.5 Å². The second-order valence-electron chi connectivity index (χ2n) is 8.27. The summed E-state index contributed by atoms with van der Waals surface area (Å²) in [6.45, 7) is 2.64. The highest BCUT2D eigenvalue weighted by Gasteiger charge is 2.25. The number of anilines is 3. The number of nitrogens with one attached hydrogen (secondary N) is 2. The Morgan fingerprint density at radius 3 is 2.05 bits per heavy atom. The first-order chi connectivity index (χ1) is 17.7. The number of halogens is 1. The predicted molar refractivity (Wildman–Crippen MR) is 140 cm³/mol. The minimum Gasteiger partial charge on any atom is -0.486 e. The number of sulfonamides is 2. The maximum atomic E-state index is 13.4. The van der Waals surface area contributed by atoms with Crippen molar-refractivity contribution >= 4 is 48.7 Å². The molecule has 0 amide bonds. The van der Waals surface area contributed by atoms with Gasteiger partial charge in [0.25, 0.3) is 20.0 Å². The van der Waals surface area contributed by atoms with Crippen molar-refractivity contribution in [2.45, 2.75) is 9.79 Å². The number of ether oxygens (including phenoxy) is 3. The second kappa shape index (κ2) is 10.3. The van der Waals surface area contributed by atoms with Crippen LogP contribution in [0, 0.1) is 0 Å². The molecule has 0 saturated carbocycles. The van der Waals surface area contributed by atoms with Gasteiger partial charge in [0.2, 0.25) is 0 Å². The van der Waals surface area contributed by atoms with Crippen molar-refractivity contribution in [3.63, 3.8) is 0 Å². The van der Waals surface area contributed by atoms with E-state index in [1.54, 1.807) is 24.3 Å². The number of hydrogen-bond acceptors (Lipinski definition) is 8. The highest BCUT2D eigenvalue weighted by Crippen LogP contribution is 2.35. The summed E-state index contributed by atoms with van der Waals surface area (Å²) >= 11 is 6.12. The molecule has 13 heteroatoms. The van der Waals surface area contributed by atoms with Crippen LogP contribution in [0.5, 0.6) is 11.5 Å². The molecule has 5 rings (SSSR count). The van der Waals surface area contributed by atoms with E-state index in [1.807, 2.05) is 4.90 Å². The standard InChI is InChI=1S/C24H24ClN3O7S2/c25-19-3-1-2-4-20(19)26-36(29,30)17-5-7-22(28-9-11-33-12-10-28)21(15-17)27-37(31,32)18-6-8-23-24(16-18)35-14-13-34-23/h1-8,15-16,26-27H,9-14H2. The third kappa shape index (κ3) is 5.57. The van der Waals surface area contributed by atoms with Crippen LogP contribution in [0.1, 0.15) is 0 Å². The van der Waals surface area contributed by atoms with Crippen LogP contribution >= 0.6 is 11.6 Å². The van der Waals surface area contributed by atoms with Crippen molar-refractivity contribution in [2.24, 2.45) is 0 Å². The number of nitrogens with zero attached hydrogens (tertiary/aromatic N) is 1. The molecule has 10 nitrogen and oxygen atoms in total. The smallest absolute Gasteiger partial charge is 0.262 e. The SMILES string of the molecule is O=S(=O)(Nc1ccccc1Cl)c1ccc(N2CCOCC2)c(NS(=O)(=O)c2ccc3c(c2)OCCO3)c1. The Hall–Kier alpha value is -3.19. The summed E-state index contributed by atoms with van der Waals surface area (Å²) < 4.78 is 74.6. The van der Waals surface area contributed by atoms with Crippen LogP contribution in [0.3, 0.4) is 0 Å². The van der Waals surface area contributed by atoms with Crippen molar-refractivity contribution in [1.82, 2.24) is 0 Å². The lowest BCUT2D eigenvalue weighted by molar-refractivity contribution is 0.123. The first kappa shape index (κ1) is 25.5. The summed E-state index contributed by atoms with van der Waals surface area (Å²) in [5, 5.41) is 0.232. The van der Waals surface area contributed by atoms with E-state index in [0.717, 1.165) is 0 Å². The van der Waals surface area contributed by atoms with Gasteiger partial charge < -0.3 is 19.1 Å². The van der Waals surface area contributed by atoms with Crippen molar-refractivity contribution in [3.05, 3.63) is 65.7 Å². The molecule has 0 spiro atoms. The van der Waals surface area contributed by atoms with E-state index in [1.165, 1.54) is 36.4 Å². The highest BCUT2D eigenvalue weighted by atomic mass is 35.5. The fourth-order valence-corrected chi connectivity index (χ4v) is 6.41. The zero-order chi connectivity index (χ0) is 26.0. The molecule has 0 bridgehead atoms. The number of hydrogen-bond donors (Lipinski definition) is 2. The molecule has 3 aromatic carbocycles. The molecule has 2 aliphatic rings. The van der Waals surface area contributed by atoms with Crippen LogP contribution in [0.25, 0.3) is 0 Å². The third-order valence-electron chi connectivity index (χ3n) is 5.82. The van der Waals surface area contributed by atoms with E-state index < -0.39 is 20.0 Å². The van der Waals surface area contributed by atoms with Gasteiger partial charge in [-0.05, 0) is 42.5 Å². The van der Waals surface area contributed by atoms with Gasteiger partial charge in [-0.2, -0.15) is 0 Å². The predicted octanol–water partition coefficient (Wildman–Crippen LogP) is 3.55. The van der Waals surface area contributed by atoms with E-state index in [-0.39, 0.29) is 26.2 Å². The van der Waals surface area contributed by atoms with E-state index in [2.05, 4.69) is 9.44 Å². The lowest BCUT2D eigenvalue weighted by atomic mass is 10.2. The fraction of sp³-hybridized carbons (Fsp3) is 0.250. The number of morpholine rings is 1. The topological polar surface area (TPSA) is 123 Å². The summed E-state index contributed by atoms with van der Waals surface area (Å²) in [5.74, 6) is 0.778. The Kier molecular flexibility index (Phi) is 7.08. The average molecular weight is 566 g/mol. The summed E-state index contributed by atoms with van der Waals surface area (Å²) in [5.41, 5.74) is 0.847. The molecular formula is C24H24ClN3O7S2. The van der Waals surface area contributed by atoms with E-state index in [9.17, 15) is 16.8 Å². The maximum Gasteiger partial charge on any atom is 0.262 e. The minimum absolute atomic E-state index is 0.0490. The normalized spacial score (nSPS) is 15.8. The number of rotatable bonds is 7. The molecule has 0 aliphatic carbocycles. The Morgan fingerprint density at radius 2 is 1.32 bits per heavy atom. The fourth-order valence-electron chi connectivity index (χ4n) is 3.99. The Labute approximate surface area is 220 Å². The minimum atomic E-state index is -4.12. The van der Waals surface area contributed by atoms with Gasteiger partial charge in [-0.3, -0.25) is 9.44 Å². The van der Waals surface area contributed by atoms with E-state index >= 15 is 0 Å². The number of para-hydroxylation sites is 1. The zero-order valence-corrected chi connectivity index (χ0v) is 21.9. The zero-order valence-electron chi connectivity index (χ0n) is 19.5. The van der Waals surface area contributed by atoms with Crippen LogP contribution in [-0.4, -0.2) is 56.4 Å². The quantitative estimate of drug-likeness (QED) is 0.446. The second-order valence-corrected chi connectivity index (χ2v) is 12.0. The van der Waals surface area contributed by atoms with Crippen LogP contribution in [0.2, 0.25) is 5.02 Å². The molecule has 0 radical (unpaired) electrons. The van der Waals surface area contributed by atoms with Gasteiger partial charge in [0.05, 0.1) is 45.1 Å². The molecule has 0 aromatic heterocycles. The summed E-state index contributed by atoms with van der Waals surface area (Å²) in [4.78, 5) is 1.75. The monoisotopic (exact) mass is 565 g/mol. The summed E-state index contributed by atoms with van der Waals surface area (Å²) in [7, 11) is -8.20. The Balaban J connectivity index is 1.52. The maximum absolute atomic E-state index is 13.4. The largest absolute Gasteiger partial charge is 0.486 e. The van der Waals surface area contributed by atoms with Crippen molar-refractivity contribution < 1.29 is 31.0 Å². The third-order valence-corrected chi connectivity index (χ3v) is 8.87. The molecule has 2 aliphatic heterocycles. The molecule has 2 N–H and O–H groups in total. The van der Waals surface area contributed by atoms with Gasteiger partial charge >= 0.3 is 0 Å². The molecule has 1 saturated heterocycles. The van der Waals surface area contributed by atoms with Crippen molar-refractivity contribution in [3.8, 4) is 11.5 Å².